The molecule has 0 amide bonds. The van der Waals surface area contributed by atoms with Crippen LogP contribution in [-0.4, -0.2) is 0 Å². The zero-order chi connectivity index (χ0) is 49.7. The molecule has 0 unspecified atom stereocenters. The summed E-state index contributed by atoms with van der Waals surface area (Å²) in [5.74, 6) is 0. The first-order valence-corrected chi connectivity index (χ1v) is 25.9. The Balaban J connectivity index is 0.816. The van der Waals surface area contributed by atoms with Crippen LogP contribution in [0.2, 0.25) is 0 Å². The van der Waals surface area contributed by atoms with E-state index in [2.05, 4.69) is 275 Å². The highest BCUT2D eigenvalue weighted by atomic mass is 16.3. The zero-order valence-corrected chi connectivity index (χ0v) is 42.0. The molecule has 14 rings (SSSR count). The minimum atomic E-state index is -0.234. The fraction of sp³-hybridized carbons (Fsp3) is 0.0833. The summed E-state index contributed by atoms with van der Waals surface area (Å²) >= 11 is 0. The molecule has 0 spiro atoms. The zero-order valence-electron chi connectivity index (χ0n) is 42.0. The highest BCUT2D eigenvalue weighted by Gasteiger charge is 2.42. The minimum Gasteiger partial charge on any atom is -0.456 e. The molecule has 1 heterocycles. The summed E-state index contributed by atoms with van der Waals surface area (Å²) in [7, 11) is 0. The van der Waals surface area contributed by atoms with Gasteiger partial charge in [-0.15, -0.1) is 0 Å². The normalized spacial score (nSPS) is 13.6. The van der Waals surface area contributed by atoms with E-state index in [1.807, 2.05) is 6.07 Å². The van der Waals surface area contributed by atoms with Crippen LogP contribution in [0.25, 0.3) is 99.8 Å². The van der Waals surface area contributed by atoms with Crippen molar-refractivity contribution in [3.8, 4) is 77.9 Å². The number of anilines is 3. The minimum absolute atomic E-state index is 0.183. The van der Waals surface area contributed by atoms with Crippen molar-refractivity contribution in [1.29, 1.82) is 0 Å². The Bertz CT molecular complexity index is 4000. The standard InChI is InChI=1S/C72H53NO/c1-71(2)65-42-55(54-32-40-70-64(41-54)61-17-11-12-18-69(61)74-70)31-38-59(65)62-44-68-63(45-67(62)71)60-39-37-58(43-66(60)72(68,3)4)73(56-33-27-52(28-34-56)50-23-19-48(20-24-50)46-13-7-5-8-14-46)57-35-29-53(30-36-57)51-25-21-49(22-26-51)47-15-9-6-10-16-47/h5-45H,1-4H3. The number of benzene rings is 11. The van der Waals surface area contributed by atoms with Crippen LogP contribution in [-0.2, 0) is 10.8 Å². The summed E-state index contributed by atoms with van der Waals surface area (Å²) in [4.78, 5) is 2.42. The van der Waals surface area contributed by atoms with Crippen molar-refractivity contribution in [3.63, 3.8) is 0 Å². The van der Waals surface area contributed by atoms with E-state index in [0.717, 1.165) is 39.0 Å². The summed E-state index contributed by atoms with van der Waals surface area (Å²) in [6.07, 6.45) is 0. The smallest absolute Gasteiger partial charge is 0.135 e. The number of rotatable bonds is 8. The van der Waals surface area contributed by atoms with Crippen molar-refractivity contribution < 1.29 is 4.42 Å². The molecule has 0 atom stereocenters. The van der Waals surface area contributed by atoms with Crippen molar-refractivity contribution in [3.05, 3.63) is 271 Å². The summed E-state index contributed by atoms with van der Waals surface area (Å²) in [6, 6.07) is 91.4. The molecule has 352 valence electrons. The Morgan fingerprint density at radius 1 is 0.257 bits per heavy atom. The molecule has 2 nitrogen and oxygen atoms in total. The maximum Gasteiger partial charge on any atom is 0.135 e. The van der Waals surface area contributed by atoms with Gasteiger partial charge in [0.05, 0.1) is 0 Å². The van der Waals surface area contributed by atoms with Crippen molar-refractivity contribution in [1.82, 2.24) is 0 Å². The SMILES string of the molecule is CC1(C)c2cc(-c3ccc4oc5ccccc5c4c3)ccc2-c2cc3c(cc21)-c1ccc(N(c2ccc(-c4ccc(-c5ccccc5)cc4)cc2)c2ccc(-c4ccc(-c5ccccc5)cc4)cc2)cc1C3(C)C. The van der Waals surface area contributed by atoms with E-state index in [4.69, 9.17) is 4.42 Å². The summed E-state index contributed by atoms with van der Waals surface area (Å²) in [5.41, 5.74) is 27.7. The quantitative estimate of drug-likeness (QED) is 0.151. The van der Waals surface area contributed by atoms with Gasteiger partial charge < -0.3 is 9.32 Å². The van der Waals surface area contributed by atoms with Crippen LogP contribution < -0.4 is 4.90 Å². The van der Waals surface area contributed by atoms with Crippen molar-refractivity contribution >= 4 is 39.0 Å². The number of para-hydroxylation sites is 1. The van der Waals surface area contributed by atoms with Gasteiger partial charge in [0.15, 0.2) is 0 Å². The van der Waals surface area contributed by atoms with Crippen LogP contribution in [0.15, 0.2) is 253 Å². The molecule has 12 aromatic rings. The second-order valence-corrected chi connectivity index (χ2v) is 21.3. The molecular weight excluding hydrogens is 895 g/mol. The van der Waals surface area contributed by atoms with Crippen LogP contribution in [0.1, 0.15) is 49.9 Å². The van der Waals surface area contributed by atoms with Gasteiger partial charge >= 0.3 is 0 Å². The lowest BCUT2D eigenvalue weighted by Gasteiger charge is -2.28. The number of hydrogen-bond donors (Lipinski definition) is 0. The van der Waals surface area contributed by atoms with Crippen LogP contribution >= 0.6 is 0 Å². The second kappa shape index (κ2) is 16.8. The van der Waals surface area contributed by atoms with Gasteiger partial charge in [-0.05, 0) is 173 Å². The molecule has 0 radical (unpaired) electrons. The summed E-state index contributed by atoms with van der Waals surface area (Å²) in [5, 5.41) is 2.31. The Morgan fingerprint density at radius 2 is 0.608 bits per heavy atom. The fourth-order valence-corrected chi connectivity index (χ4v) is 12.2. The van der Waals surface area contributed by atoms with Gasteiger partial charge in [-0.25, -0.2) is 0 Å². The molecule has 0 fully saturated rings. The number of nitrogens with zero attached hydrogens (tertiary/aromatic N) is 1. The molecule has 2 heteroatoms. The Labute approximate surface area is 433 Å². The van der Waals surface area contributed by atoms with Gasteiger partial charge in [-0.3, -0.25) is 0 Å². The average molecular weight is 948 g/mol. The lowest BCUT2D eigenvalue weighted by atomic mass is 9.79. The molecular formula is C72H53NO. The third kappa shape index (κ3) is 7.08. The third-order valence-electron chi connectivity index (χ3n) is 16.3. The predicted molar refractivity (Wildman–Crippen MR) is 311 cm³/mol. The van der Waals surface area contributed by atoms with Crippen LogP contribution in [0.3, 0.4) is 0 Å². The monoisotopic (exact) mass is 947 g/mol. The van der Waals surface area contributed by atoms with Crippen molar-refractivity contribution in [2.75, 3.05) is 4.90 Å². The lowest BCUT2D eigenvalue weighted by Crippen LogP contribution is -2.17. The molecule has 0 saturated heterocycles. The van der Waals surface area contributed by atoms with E-state index in [1.54, 1.807) is 0 Å². The van der Waals surface area contributed by atoms with Crippen molar-refractivity contribution in [2.24, 2.45) is 0 Å². The van der Waals surface area contributed by atoms with E-state index in [9.17, 15) is 0 Å². The van der Waals surface area contributed by atoms with E-state index >= 15 is 0 Å². The van der Waals surface area contributed by atoms with Gasteiger partial charge in [-0.1, -0.05) is 204 Å². The summed E-state index contributed by atoms with van der Waals surface area (Å²) in [6.45, 7) is 9.62. The van der Waals surface area contributed by atoms with Crippen LogP contribution in [0.4, 0.5) is 17.1 Å². The molecule has 0 bridgehead atoms. The third-order valence-corrected chi connectivity index (χ3v) is 16.3. The molecule has 0 saturated carbocycles. The van der Waals surface area contributed by atoms with Gasteiger partial charge in [0.2, 0.25) is 0 Å². The number of furan rings is 1. The van der Waals surface area contributed by atoms with E-state index in [-0.39, 0.29) is 10.8 Å². The highest BCUT2D eigenvalue weighted by molar-refractivity contribution is 6.06. The maximum atomic E-state index is 6.19. The molecule has 2 aliphatic rings. The molecule has 2 aliphatic carbocycles. The van der Waals surface area contributed by atoms with E-state index in [0.29, 0.717) is 0 Å². The number of fused-ring (bicyclic) bond motifs is 9. The maximum absolute atomic E-state index is 6.19. The molecule has 0 N–H and O–H groups in total. The van der Waals surface area contributed by atoms with Gasteiger partial charge in [0, 0.05) is 38.7 Å². The van der Waals surface area contributed by atoms with Crippen LogP contribution in [0, 0.1) is 0 Å². The van der Waals surface area contributed by atoms with Gasteiger partial charge in [0.1, 0.15) is 11.2 Å². The first-order chi connectivity index (χ1) is 36.2. The van der Waals surface area contributed by atoms with Gasteiger partial charge in [0.25, 0.3) is 0 Å². The second-order valence-electron chi connectivity index (χ2n) is 21.3. The highest BCUT2D eigenvalue weighted by Crippen LogP contribution is 2.57. The Morgan fingerprint density at radius 3 is 1.12 bits per heavy atom. The average Bonchev–Trinajstić information content (AvgIpc) is 4.10. The van der Waals surface area contributed by atoms with E-state index in [1.165, 1.54) is 100 Å². The van der Waals surface area contributed by atoms with Crippen LogP contribution in [0.5, 0.6) is 0 Å². The molecule has 1 aromatic heterocycles. The predicted octanol–water partition coefficient (Wildman–Crippen LogP) is 20.0. The largest absolute Gasteiger partial charge is 0.456 e. The topological polar surface area (TPSA) is 16.4 Å². The Hall–Kier alpha value is -8.98. The lowest BCUT2D eigenvalue weighted by molar-refractivity contribution is 0.652. The Kier molecular flexibility index (Phi) is 9.94. The summed E-state index contributed by atoms with van der Waals surface area (Å²) < 4.78 is 6.19. The first-order valence-electron chi connectivity index (χ1n) is 25.9. The van der Waals surface area contributed by atoms with E-state index < -0.39 is 0 Å². The fourth-order valence-electron chi connectivity index (χ4n) is 12.2. The van der Waals surface area contributed by atoms with Gasteiger partial charge in [-0.2, -0.15) is 0 Å². The molecule has 11 aromatic carbocycles. The molecule has 0 aliphatic heterocycles. The molecule has 74 heavy (non-hydrogen) atoms. The number of hydrogen-bond acceptors (Lipinski definition) is 2. The van der Waals surface area contributed by atoms with Crippen molar-refractivity contribution in [2.45, 2.75) is 38.5 Å². The first kappa shape index (κ1) is 43.8.